The van der Waals surface area contributed by atoms with Crippen LogP contribution in [0, 0.1) is 0 Å². The van der Waals surface area contributed by atoms with Crippen LogP contribution in [-0.4, -0.2) is 28.2 Å². The highest BCUT2D eigenvalue weighted by molar-refractivity contribution is 7.13. The number of hydrogen-bond acceptors (Lipinski definition) is 7. The van der Waals surface area contributed by atoms with Crippen molar-refractivity contribution in [3.05, 3.63) is 81.3 Å². The first kappa shape index (κ1) is 20.5. The summed E-state index contributed by atoms with van der Waals surface area (Å²) in [5, 5.41) is 11.3. The van der Waals surface area contributed by atoms with Gasteiger partial charge in [-0.3, -0.25) is 4.90 Å². The molecule has 32 heavy (non-hydrogen) atoms. The van der Waals surface area contributed by atoms with Gasteiger partial charge in [0.2, 0.25) is 5.82 Å². The number of allylic oxidation sites excluding steroid dienone is 1. The maximum absolute atomic E-state index is 13.1. The minimum absolute atomic E-state index is 0.175. The predicted octanol–water partition coefficient (Wildman–Crippen LogP) is 5.57. The number of nitrogens with one attached hydrogen (secondary N) is 1. The molecule has 0 saturated heterocycles. The lowest BCUT2D eigenvalue weighted by Crippen LogP contribution is -2.45. The molecule has 0 bridgehead atoms. The van der Waals surface area contributed by atoms with Gasteiger partial charge in [-0.05, 0) is 47.5 Å². The first-order valence-electron chi connectivity index (χ1n) is 9.97. The van der Waals surface area contributed by atoms with Crippen LogP contribution >= 0.6 is 22.7 Å². The van der Waals surface area contributed by atoms with E-state index in [-0.39, 0.29) is 6.03 Å². The summed E-state index contributed by atoms with van der Waals surface area (Å²) in [4.78, 5) is 21.5. The van der Waals surface area contributed by atoms with Crippen LogP contribution in [-0.2, 0) is 6.54 Å². The third-order valence-electron chi connectivity index (χ3n) is 5.32. The number of urea groups is 1. The number of ether oxygens (including phenoxy) is 1. The number of carbonyl (C=O) groups excluding carboxylic acids is 1. The smallest absolute Gasteiger partial charge is 0.322 e. The lowest BCUT2D eigenvalue weighted by molar-refractivity contribution is 0.203. The van der Waals surface area contributed by atoms with E-state index < -0.39 is 6.04 Å². The molecule has 1 aliphatic heterocycles. The van der Waals surface area contributed by atoms with Crippen LogP contribution in [0.5, 0.6) is 5.75 Å². The number of rotatable bonds is 6. The van der Waals surface area contributed by atoms with E-state index in [9.17, 15) is 4.79 Å². The van der Waals surface area contributed by atoms with Gasteiger partial charge in [0.25, 0.3) is 5.89 Å². The Balaban J connectivity index is 1.61. The summed E-state index contributed by atoms with van der Waals surface area (Å²) >= 11 is 3.16. The van der Waals surface area contributed by atoms with Gasteiger partial charge in [-0.25, -0.2) is 4.79 Å². The summed E-state index contributed by atoms with van der Waals surface area (Å²) in [6, 6.07) is 14.9. The van der Waals surface area contributed by atoms with Crippen LogP contribution in [0.2, 0.25) is 0 Å². The molecule has 1 aromatic carbocycles. The molecule has 162 valence electrons. The molecule has 1 atom stereocenters. The Morgan fingerprint density at radius 2 is 2.00 bits per heavy atom. The van der Waals surface area contributed by atoms with Crippen molar-refractivity contribution in [3.8, 4) is 16.5 Å². The zero-order valence-corrected chi connectivity index (χ0v) is 19.1. The molecule has 1 N–H and O–H groups in total. The van der Waals surface area contributed by atoms with Crippen molar-refractivity contribution < 1.29 is 14.1 Å². The van der Waals surface area contributed by atoms with Crippen LogP contribution in [0.1, 0.15) is 29.3 Å². The van der Waals surface area contributed by atoms with Gasteiger partial charge in [-0.1, -0.05) is 29.4 Å². The Morgan fingerprint density at radius 1 is 1.16 bits per heavy atom. The summed E-state index contributed by atoms with van der Waals surface area (Å²) in [5.74, 6) is 1.62. The maximum Gasteiger partial charge on any atom is 0.322 e. The Bertz CT molecular complexity index is 1260. The van der Waals surface area contributed by atoms with Crippen molar-refractivity contribution in [2.45, 2.75) is 19.5 Å². The maximum atomic E-state index is 13.1. The fourth-order valence-electron chi connectivity index (χ4n) is 3.72. The van der Waals surface area contributed by atoms with Crippen molar-refractivity contribution in [1.29, 1.82) is 0 Å². The second kappa shape index (κ2) is 8.60. The first-order valence-corrected chi connectivity index (χ1v) is 11.7. The molecule has 4 aromatic rings. The molecule has 0 saturated carbocycles. The van der Waals surface area contributed by atoms with Gasteiger partial charge in [0.15, 0.2) is 0 Å². The summed E-state index contributed by atoms with van der Waals surface area (Å²) in [6.45, 7) is 2.39. The van der Waals surface area contributed by atoms with E-state index in [4.69, 9.17) is 9.26 Å². The van der Waals surface area contributed by atoms with Gasteiger partial charge in [-0.15, -0.1) is 22.7 Å². The van der Waals surface area contributed by atoms with Crippen LogP contribution in [0.15, 0.2) is 69.5 Å². The number of nitrogens with zero attached hydrogens (tertiary/aromatic N) is 3. The third kappa shape index (κ3) is 3.80. The minimum Gasteiger partial charge on any atom is -0.497 e. The number of hydrogen-bond donors (Lipinski definition) is 1. The average Bonchev–Trinajstić information content (AvgIpc) is 3.58. The highest BCUT2D eigenvalue weighted by Crippen LogP contribution is 2.39. The highest BCUT2D eigenvalue weighted by Gasteiger charge is 2.36. The standard InChI is InChI=1S/C23H20N4O3S2/c1-14-19(22-25-21(26-30-22)18-9-5-11-32-18)20(15-6-3-7-16(12-15)29-2)24-23(28)27(14)13-17-8-4-10-31-17/h3-12,20H,13H2,1-2H3,(H,24,28). The quantitative estimate of drug-likeness (QED) is 0.404. The Hall–Kier alpha value is -3.43. The van der Waals surface area contributed by atoms with Gasteiger partial charge < -0.3 is 14.6 Å². The summed E-state index contributed by atoms with van der Waals surface area (Å²) < 4.78 is 11.1. The number of thiophene rings is 2. The zero-order valence-electron chi connectivity index (χ0n) is 17.4. The topological polar surface area (TPSA) is 80.5 Å². The van der Waals surface area contributed by atoms with Gasteiger partial charge in [-0.2, -0.15) is 4.98 Å². The SMILES string of the molecule is COc1cccc(C2NC(=O)N(Cc3cccs3)C(C)=C2c2nc(-c3cccs3)no2)c1. The molecule has 0 fully saturated rings. The molecule has 2 amide bonds. The van der Waals surface area contributed by atoms with Crippen molar-refractivity contribution in [2.75, 3.05) is 7.11 Å². The van der Waals surface area contributed by atoms with E-state index in [1.807, 2.05) is 66.2 Å². The van der Waals surface area contributed by atoms with E-state index in [0.717, 1.165) is 26.6 Å². The summed E-state index contributed by atoms with van der Waals surface area (Å²) in [6.07, 6.45) is 0. The normalized spacial score (nSPS) is 16.4. The Kier molecular flexibility index (Phi) is 5.50. The van der Waals surface area contributed by atoms with Crippen molar-refractivity contribution in [1.82, 2.24) is 20.4 Å². The Labute approximate surface area is 193 Å². The van der Waals surface area contributed by atoms with Crippen LogP contribution < -0.4 is 10.1 Å². The van der Waals surface area contributed by atoms with Gasteiger partial charge in [0, 0.05) is 10.6 Å². The van der Waals surface area contributed by atoms with Crippen LogP contribution in [0.25, 0.3) is 16.3 Å². The molecule has 5 rings (SSSR count). The number of aromatic nitrogens is 2. The van der Waals surface area contributed by atoms with E-state index in [0.29, 0.717) is 24.0 Å². The fraction of sp³-hybridized carbons (Fsp3) is 0.174. The lowest BCUT2D eigenvalue weighted by Gasteiger charge is -2.35. The lowest BCUT2D eigenvalue weighted by atomic mass is 9.94. The van der Waals surface area contributed by atoms with E-state index in [2.05, 4.69) is 15.5 Å². The van der Waals surface area contributed by atoms with E-state index in [1.165, 1.54) is 0 Å². The number of methoxy groups -OCH3 is 1. The molecule has 0 spiro atoms. The molecule has 7 nitrogen and oxygen atoms in total. The van der Waals surface area contributed by atoms with E-state index >= 15 is 0 Å². The Morgan fingerprint density at radius 3 is 2.75 bits per heavy atom. The minimum atomic E-state index is -0.450. The highest BCUT2D eigenvalue weighted by atomic mass is 32.1. The molecule has 4 heterocycles. The van der Waals surface area contributed by atoms with Crippen LogP contribution in [0.4, 0.5) is 4.79 Å². The van der Waals surface area contributed by atoms with Crippen molar-refractivity contribution in [2.24, 2.45) is 0 Å². The molecule has 9 heteroatoms. The second-order valence-electron chi connectivity index (χ2n) is 7.22. The molecule has 0 aliphatic carbocycles. The molecule has 0 radical (unpaired) electrons. The zero-order chi connectivity index (χ0) is 22.1. The first-order chi connectivity index (χ1) is 15.6. The molecular weight excluding hydrogens is 444 g/mol. The number of amides is 2. The molecular formula is C23H20N4O3S2. The molecule has 1 aliphatic rings. The van der Waals surface area contributed by atoms with Gasteiger partial charge >= 0.3 is 6.03 Å². The fourth-order valence-corrected chi connectivity index (χ4v) is 5.06. The van der Waals surface area contributed by atoms with Crippen LogP contribution in [0.3, 0.4) is 0 Å². The molecule has 1 unspecified atom stereocenters. The second-order valence-corrected chi connectivity index (χ2v) is 9.20. The van der Waals surface area contributed by atoms with Crippen molar-refractivity contribution >= 4 is 34.3 Å². The van der Waals surface area contributed by atoms with Gasteiger partial charge in [0.1, 0.15) is 5.75 Å². The monoisotopic (exact) mass is 464 g/mol. The third-order valence-corrected chi connectivity index (χ3v) is 7.04. The van der Waals surface area contributed by atoms with Gasteiger partial charge in [0.05, 0.1) is 30.1 Å². The number of carbonyl (C=O) groups is 1. The summed E-state index contributed by atoms with van der Waals surface area (Å²) in [7, 11) is 1.62. The van der Waals surface area contributed by atoms with E-state index in [1.54, 1.807) is 34.7 Å². The summed E-state index contributed by atoms with van der Waals surface area (Å²) in [5.41, 5.74) is 2.42. The molecule has 3 aromatic heterocycles. The average molecular weight is 465 g/mol. The van der Waals surface area contributed by atoms with Crippen molar-refractivity contribution in [3.63, 3.8) is 0 Å². The number of benzene rings is 1. The predicted molar refractivity (Wildman–Crippen MR) is 124 cm³/mol. The largest absolute Gasteiger partial charge is 0.497 e.